The van der Waals surface area contributed by atoms with E-state index < -0.39 is 0 Å². The Morgan fingerprint density at radius 2 is 1.52 bits per heavy atom. The van der Waals surface area contributed by atoms with Crippen LogP contribution in [0.2, 0.25) is 0 Å². The molecule has 0 saturated carbocycles. The molecule has 42 heavy (non-hydrogen) atoms. The summed E-state index contributed by atoms with van der Waals surface area (Å²) in [4.78, 5) is 8.27. The standard InChI is InChI=1S/C17H18.C9H18N2.C7H12.C2H8N2.C2H6.CH4/c1-4-14-9-11-15(12-10-14)17-8-6-5-7-16(17)13(2)3;1-5-6-7-8(2)11-9(3)10-4;1-7-5-3-2-4-6-7;1-3-4-2;1-2;/h5-12H,2,4H2,1,3H3;5-7H2,1-4H3;2-3,7H,4-6H2,1H3;3-4H,1-2H3;1-2H3;1H4. The van der Waals surface area contributed by atoms with E-state index in [1.165, 1.54) is 60.1 Å². The van der Waals surface area contributed by atoms with Crippen LogP contribution < -0.4 is 10.9 Å². The number of aryl methyl sites for hydroxylation is 1. The molecule has 1 atom stereocenters. The maximum Gasteiger partial charge on any atom is 0.119 e. The second-order valence-electron chi connectivity index (χ2n) is 9.99. The van der Waals surface area contributed by atoms with Gasteiger partial charge in [-0.15, -0.1) is 0 Å². The first-order valence-corrected chi connectivity index (χ1v) is 15.5. The average molecular weight is 579 g/mol. The van der Waals surface area contributed by atoms with Crippen LogP contribution in [-0.4, -0.2) is 32.7 Å². The summed E-state index contributed by atoms with van der Waals surface area (Å²) in [5.41, 5.74) is 12.8. The molecule has 1 unspecified atom stereocenters. The number of rotatable bonds is 7. The van der Waals surface area contributed by atoms with E-state index in [1.807, 2.05) is 34.9 Å². The molecule has 0 aromatic heterocycles. The first kappa shape index (κ1) is 43.6. The Morgan fingerprint density at radius 3 is 1.93 bits per heavy atom. The van der Waals surface area contributed by atoms with Crippen molar-refractivity contribution in [3.63, 3.8) is 0 Å². The fourth-order valence-electron chi connectivity index (χ4n) is 3.79. The van der Waals surface area contributed by atoms with Crippen LogP contribution in [0, 0.1) is 5.92 Å². The molecule has 1 aliphatic carbocycles. The molecule has 238 valence electrons. The maximum absolute atomic E-state index is 4.30. The maximum atomic E-state index is 4.30. The van der Waals surface area contributed by atoms with Gasteiger partial charge >= 0.3 is 0 Å². The monoisotopic (exact) mass is 579 g/mol. The number of nitrogens with one attached hydrogen (secondary N) is 2. The molecule has 2 aromatic rings. The van der Waals surface area contributed by atoms with E-state index in [2.05, 4.69) is 123 Å². The van der Waals surface area contributed by atoms with E-state index in [-0.39, 0.29) is 7.43 Å². The Bertz CT molecular complexity index is 998. The van der Waals surface area contributed by atoms with Gasteiger partial charge in [0.25, 0.3) is 0 Å². The van der Waals surface area contributed by atoms with Gasteiger partial charge in [-0.05, 0) is 102 Å². The molecule has 0 spiro atoms. The van der Waals surface area contributed by atoms with Crippen LogP contribution in [0.5, 0.6) is 0 Å². The SMILES string of the molecule is C.C=C(C)c1ccccc1-c1ccc(CC)cc1.CC.CC1CC=CCC1.CCCCC(C)=NC(C)=NC.CNNC. The van der Waals surface area contributed by atoms with Gasteiger partial charge in [0, 0.05) is 12.8 Å². The molecule has 0 amide bonds. The quantitative estimate of drug-likeness (QED) is 0.149. The highest BCUT2D eigenvalue weighted by Gasteiger charge is 2.04. The van der Waals surface area contributed by atoms with Crippen molar-refractivity contribution in [1.29, 1.82) is 0 Å². The lowest BCUT2D eigenvalue weighted by Gasteiger charge is -2.09. The zero-order valence-corrected chi connectivity index (χ0v) is 28.4. The van der Waals surface area contributed by atoms with Crippen LogP contribution in [-0.2, 0) is 6.42 Å². The van der Waals surface area contributed by atoms with Crippen LogP contribution in [0.15, 0.2) is 77.2 Å². The summed E-state index contributed by atoms with van der Waals surface area (Å²) in [6.07, 6.45) is 13.2. The van der Waals surface area contributed by atoms with Gasteiger partial charge in [0.15, 0.2) is 0 Å². The Morgan fingerprint density at radius 1 is 0.929 bits per heavy atom. The van der Waals surface area contributed by atoms with Crippen molar-refractivity contribution >= 4 is 17.1 Å². The van der Waals surface area contributed by atoms with Crippen molar-refractivity contribution < 1.29 is 0 Å². The number of hydrogen-bond donors (Lipinski definition) is 2. The van der Waals surface area contributed by atoms with Crippen LogP contribution in [0.1, 0.15) is 112 Å². The molecule has 0 heterocycles. The van der Waals surface area contributed by atoms with Crippen LogP contribution >= 0.6 is 0 Å². The number of hydrazine groups is 1. The molecule has 3 rings (SSSR count). The number of nitrogens with zero attached hydrogens (tertiary/aromatic N) is 2. The lowest BCUT2D eigenvalue weighted by Crippen LogP contribution is -2.21. The van der Waals surface area contributed by atoms with Crippen molar-refractivity contribution in [1.82, 2.24) is 10.9 Å². The van der Waals surface area contributed by atoms with Gasteiger partial charge in [0.05, 0.1) is 0 Å². The molecule has 2 aromatic carbocycles. The van der Waals surface area contributed by atoms with Gasteiger partial charge in [-0.1, -0.05) is 121 Å². The van der Waals surface area contributed by atoms with Gasteiger partial charge in [0.1, 0.15) is 5.84 Å². The van der Waals surface area contributed by atoms with Crippen molar-refractivity contribution in [3.8, 4) is 11.1 Å². The smallest absolute Gasteiger partial charge is 0.119 e. The van der Waals surface area contributed by atoms with Crippen LogP contribution in [0.4, 0.5) is 0 Å². The summed E-state index contributed by atoms with van der Waals surface area (Å²) in [5.74, 6) is 1.82. The second kappa shape index (κ2) is 29.7. The third kappa shape index (κ3) is 21.9. The second-order valence-corrected chi connectivity index (χ2v) is 9.99. The van der Waals surface area contributed by atoms with E-state index in [4.69, 9.17) is 0 Å². The largest absolute Gasteiger partial charge is 0.274 e. The third-order valence-electron chi connectivity index (χ3n) is 6.41. The fourth-order valence-corrected chi connectivity index (χ4v) is 3.79. The molecule has 4 heteroatoms. The summed E-state index contributed by atoms with van der Waals surface area (Å²) in [6, 6.07) is 17.2. The number of amidine groups is 1. The minimum absolute atomic E-state index is 0. The highest BCUT2D eigenvalue weighted by Crippen LogP contribution is 2.28. The Balaban J connectivity index is -0.000000525. The topological polar surface area (TPSA) is 48.8 Å². The van der Waals surface area contributed by atoms with E-state index >= 15 is 0 Å². The van der Waals surface area contributed by atoms with Crippen molar-refractivity contribution in [2.24, 2.45) is 15.9 Å². The zero-order chi connectivity index (χ0) is 31.5. The van der Waals surface area contributed by atoms with Crippen molar-refractivity contribution in [2.75, 3.05) is 21.1 Å². The van der Waals surface area contributed by atoms with Gasteiger partial charge in [-0.3, -0.25) is 15.8 Å². The predicted octanol–water partition coefficient (Wildman–Crippen LogP) is 11.0. The number of aliphatic imine (C=N–C) groups is 2. The van der Waals surface area contributed by atoms with Gasteiger partial charge < -0.3 is 0 Å². The van der Waals surface area contributed by atoms with Crippen molar-refractivity contribution in [2.45, 2.75) is 108 Å². The Hall–Kier alpha value is -2.82. The van der Waals surface area contributed by atoms with Crippen LogP contribution in [0.25, 0.3) is 16.7 Å². The molecule has 1 aliphatic rings. The number of benzene rings is 2. The van der Waals surface area contributed by atoms with E-state index in [0.29, 0.717) is 0 Å². The summed E-state index contributed by atoms with van der Waals surface area (Å²) in [5, 5.41) is 0. The highest BCUT2D eigenvalue weighted by atomic mass is 15.3. The first-order valence-electron chi connectivity index (χ1n) is 15.5. The molecule has 0 fully saturated rings. The molecule has 4 nitrogen and oxygen atoms in total. The summed E-state index contributed by atoms with van der Waals surface area (Å²) >= 11 is 0. The zero-order valence-electron chi connectivity index (χ0n) is 28.4. The summed E-state index contributed by atoms with van der Waals surface area (Å²) in [7, 11) is 5.41. The summed E-state index contributed by atoms with van der Waals surface area (Å²) in [6.45, 7) is 20.8. The van der Waals surface area contributed by atoms with Gasteiger partial charge in [-0.25, -0.2) is 4.99 Å². The number of allylic oxidation sites excluding steroid dienone is 3. The Labute approximate surface area is 261 Å². The molecule has 0 saturated heterocycles. The van der Waals surface area contributed by atoms with Gasteiger partial charge in [0.2, 0.25) is 0 Å². The summed E-state index contributed by atoms with van der Waals surface area (Å²) < 4.78 is 0. The fraction of sp³-hybridized carbons (Fsp3) is 0.526. The molecular weight excluding hydrogens is 512 g/mol. The molecular formula is C38H66N4. The average Bonchev–Trinajstić information content (AvgIpc) is 3.02. The van der Waals surface area contributed by atoms with E-state index in [0.717, 1.165) is 30.2 Å². The Kier molecular flexibility index (Phi) is 30.8. The van der Waals surface area contributed by atoms with Gasteiger partial charge in [-0.2, -0.15) is 0 Å². The minimum atomic E-state index is 0. The normalized spacial score (nSPS) is 13.7. The van der Waals surface area contributed by atoms with Crippen molar-refractivity contribution in [3.05, 3.63) is 78.4 Å². The molecule has 0 bridgehead atoms. The first-order chi connectivity index (χ1) is 19.7. The lowest BCUT2D eigenvalue weighted by molar-refractivity contribution is 0.527. The highest BCUT2D eigenvalue weighted by molar-refractivity contribution is 5.95. The predicted molar refractivity (Wildman–Crippen MR) is 196 cm³/mol. The molecule has 2 N–H and O–H groups in total. The molecule has 0 radical (unpaired) electrons. The van der Waals surface area contributed by atoms with E-state index in [1.54, 1.807) is 7.05 Å². The molecule has 0 aliphatic heterocycles. The lowest BCUT2D eigenvalue weighted by atomic mass is 9.95. The minimum Gasteiger partial charge on any atom is -0.274 e. The van der Waals surface area contributed by atoms with E-state index in [9.17, 15) is 0 Å². The number of unbranched alkanes of at least 4 members (excludes halogenated alkanes) is 1. The van der Waals surface area contributed by atoms with Crippen LogP contribution in [0.3, 0.4) is 0 Å². The number of hydrogen-bond acceptors (Lipinski definition) is 3. The third-order valence-corrected chi connectivity index (χ3v) is 6.41.